The number of aromatic nitrogens is 2. The van der Waals surface area contributed by atoms with Crippen molar-refractivity contribution < 1.29 is 55.7 Å². The van der Waals surface area contributed by atoms with Gasteiger partial charge in [-0.05, 0) is 37.6 Å². The van der Waals surface area contributed by atoms with Gasteiger partial charge in [0.15, 0.2) is 0 Å². The van der Waals surface area contributed by atoms with Crippen LogP contribution in [-0.4, -0.2) is 92.3 Å². The predicted molar refractivity (Wildman–Crippen MR) is 119 cm³/mol. The van der Waals surface area contributed by atoms with Crippen molar-refractivity contribution in [1.82, 2.24) is 19.8 Å². The van der Waals surface area contributed by atoms with Gasteiger partial charge in [-0.2, -0.15) is 26.3 Å². The highest BCUT2D eigenvalue weighted by atomic mass is 19.4. The third-order valence-corrected chi connectivity index (χ3v) is 5.57. The summed E-state index contributed by atoms with van der Waals surface area (Å²) in [5, 5.41) is 14.2. The molecule has 0 unspecified atom stereocenters. The van der Waals surface area contributed by atoms with Crippen LogP contribution in [0.4, 0.5) is 26.3 Å². The van der Waals surface area contributed by atoms with Crippen LogP contribution in [0.2, 0.25) is 0 Å². The van der Waals surface area contributed by atoms with E-state index >= 15 is 0 Å². The van der Waals surface area contributed by atoms with Crippen molar-refractivity contribution in [2.24, 2.45) is 5.41 Å². The lowest BCUT2D eigenvalue weighted by Crippen LogP contribution is -2.59. The number of amides is 2. The number of hydrogen-bond donors (Lipinski definition) is 2. The Morgan fingerprint density at radius 1 is 0.846 bits per heavy atom. The molecule has 10 nitrogen and oxygen atoms in total. The van der Waals surface area contributed by atoms with Crippen molar-refractivity contribution in [1.29, 1.82) is 0 Å². The van der Waals surface area contributed by atoms with Crippen LogP contribution in [-0.2, 0) is 9.59 Å². The average Bonchev–Trinajstić information content (AvgIpc) is 3.28. The Morgan fingerprint density at radius 3 is 1.85 bits per heavy atom. The molecule has 0 saturated carbocycles. The van der Waals surface area contributed by atoms with Crippen LogP contribution in [0.3, 0.4) is 0 Å². The Morgan fingerprint density at radius 2 is 1.38 bits per heavy atom. The molecule has 4 rings (SSSR count). The van der Waals surface area contributed by atoms with Crippen molar-refractivity contribution in [3.63, 3.8) is 0 Å². The van der Waals surface area contributed by atoms with Crippen molar-refractivity contribution >= 4 is 23.8 Å². The minimum Gasteiger partial charge on any atom is -0.475 e. The normalized spacial score (nSPS) is 15.8. The molecule has 2 aliphatic rings. The molecule has 0 atom stereocenters. The molecule has 39 heavy (non-hydrogen) atoms. The molecule has 2 aliphatic heterocycles. The Labute approximate surface area is 216 Å². The van der Waals surface area contributed by atoms with E-state index in [-0.39, 0.29) is 17.2 Å². The van der Waals surface area contributed by atoms with Gasteiger partial charge in [0.2, 0.25) is 0 Å². The molecule has 0 aliphatic carbocycles. The van der Waals surface area contributed by atoms with Crippen LogP contribution in [0.15, 0.2) is 42.7 Å². The second kappa shape index (κ2) is 12.1. The molecule has 2 saturated heterocycles. The van der Waals surface area contributed by atoms with Crippen LogP contribution >= 0.6 is 0 Å². The number of carboxylic acids is 2. The summed E-state index contributed by atoms with van der Waals surface area (Å²) in [7, 11) is 0. The number of hydrogen-bond acceptors (Lipinski definition) is 6. The standard InChI is InChI=1S/C19H20N4O2.2C2HF3O2/c1-14-4-2-6-16(21-14)18(25)23-12-19(13-23)7-9-22(11-19)17(24)15-5-3-8-20-10-15;2*3-2(4,5)1(6)7/h2-6,8,10H,7,9,11-13H2,1H3;2*(H,6,7). The number of carboxylic acid groups (broad SMARTS) is 2. The molecule has 16 heteroatoms. The summed E-state index contributed by atoms with van der Waals surface area (Å²) in [5.74, 6) is -5.51. The van der Waals surface area contributed by atoms with E-state index in [1.165, 1.54) is 0 Å². The number of nitrogens with zero attached hydrogens (tertiary/aromatic N) is 4. The van der Waals surface area contributed by atoms with E-state index < -0.39 is 24.3 Å². The molecule has 2 aromatic heterocycles. The fourth-order valence-corrected chi connectivity index (χ4v) is 3.77. The van der Waals surface area contributed by atoms with Crippen molar-refractivity contribution in [3.8, 4) is 0 Å². The fraction of sp³-hybridized carbons (Fsp3) is 0.391. The Balaban J connectivity index is 0.000000317. The van der Waals surface area contributed by atoms with Crippen LogP contribution in [0.1, 0.15) is 33.0 Å². The first-order valence-electron chi connectivity index (χ1n) is 11.0. The topological polar surface area (TPSA) is 141 Å². The third kappa shape index (κ3) is 8.65. The van der Waals surface area contributed by atoms with Crippen molar-refractivity contribution in [2.75, 3.05) is 26.2 Å². The SMILES string of the molecule is Cc1cccc(C(=O)N2CC3(CCN(C(=O)c4cccnc4)C3)C2)n1.O=C(O)C(F)(F)F.O=C(O)C(F)(F)F. The lowest BCUT2D eigenvalue weighted by Gasteiger charge is -2.47. The van der Waals surface area contributed by atoms with Crippen LogP contribution in [0, 0.1) is 12.3 Å². The summed E-state index contributed by atoms with van der Waals surface area (Å²) in [6, 6.07) is 9.06. The monoisotopic (exact) mass is 564 g/mol. The van der Waals surface area contributed by atoms with E-state index in [0.29, 0.717) is 30.9 Å². The van der Waals surface area contributed by atoms with Crippen molar-refractivity contribution in [2.45, 2.75) is 25.7 Å². The number of halogens is 6. The molecule has 1 spiro atoms. The highest BCUT2D eigenvalue weighted by Gasteiger charge is 2.50. The zero-order valence-corrected chi connectivity index (χ0v) is 20.2. The molecule has 0 bridgehead atoms. The Hall–Kier alpha value is -4.24. The summed E-state index contributed by atoms with van der Waals surface area (Å²) < 4.78 is 63.5. The predicted octanol–water partition coefficient (Wildman–Crippen LogP) is 3.04. The summed E-state index contributed by atoms with van der Waals surface area (Å²) in [4.78, 5) is 54.9. The fourth-order valence-electron chi connectivity index (χ4n) is 3.77. The van der Waals surface area contributed by atoms with E-state index in [1.54, 1.807) is 30.6 Å². The molecular weight excluding hydrogens is 542 g/mol. The van der Waals surface area contributed by atoms with Gasteiger partial charge < -0.3 is 20.0 Å². The summed E-state index contributed by atoms with van der Waals surface area (Å²) in [6.07, 6.45) is -5.96. The maximum absolute atomic E-state index is 12.5. The van der Waals surface area contributed by atoms with Crippen LogP contribution < -0.4 is 0 Å². The number of carbonyl (C=O) groups is 4. The van der Waals surface area contributed by atoms with Crippen LogP contribution in [0.25, 0.3) is 0 Å². The van der Waals surface area contributed by atoms with Gasteiger partial charge in [-0.25, -0.2) is 14.6 Å². The van der Waals surface area contributed by atoms with E-state index in [1.807, 2.05) is 28.9 Å². The average molecular weight is 564 g/mol. The van der Waals surface area contributed by atoms with E-state index in [0.717, 1.165) is 18.7 Å². The van der Waals surface area contributed by atoms with E-state index in [9.17, 15) is 35.9 Å². The smallest absolute Gasteiger partial charge is 0.475 e. The number of aryl methyl sites for hydroxylation is 1. The number of aliphatic carboxylic acids is 2. The maximum Gasteiger partial charge on any atom is 0.490 e. The van der Waals surface area contributed by atoms with Gasteiger partial charge >= 0.3 is 24.3 Å². The Bertz CT molecular complexity index is 1180. The van der Waals surface area contributed by atoms with E-state index in [2.05, 4.69) is 9.97 Å². The number of carbonyl (C=O) groups excluding carboxylic acids is 2. The number of likely N-dealkylation sites (tertiary alicyclic amines) is 2. The molecule has 212 valence electrons. The molecule has 2 N–H and O–H groups in total. The molecule has 0 aromatic carbocycles. The molecule has 2 aromatic rings. The number of alkyl halides is 6. The summed E-state index contributed by atoms with van der Waals surface area (Å²) >= 11 is 0. The largest absolute Gasteiger partial charge is 0.490 e. The second-order valence-electron chi connectivity index (χ2n) is 8.65. The number of pyridine rings is 2. The van der Waals surface area contributed by atoms with Gasteiger partial charge in [0, 0.05) is 49.7 Å². The molecule has 2 amide bonds. The molecular formula is C23H22F6N4O6. The van der Waals surface area contributed by atoms with Gasteiger partial charge in [-0.3, -0.25) is 14.6 Å². The van der Waals surface area contributed by atoms with Crippen LogP contribution in [0.5, 0.6) is 0 Å². The first kappa shape index (κ1) is 31.0. The minimum atomic E-state index is -5.08. The molecule has 4 heterocycles. The second-order valence-corrected chi connectivity index (χ2v) is 8.65. The molecule has 2 fully saturated rings. The highest BCUT2D eigenvalue weighted by molar-refractivity contribution is 5.94. The summed E-state index contributed by atoms with van der Waals surface area (Å²) in [6.45, 7) is 4.70. The first-order valence-corrected chi connectivity index (χ1v) is 11.0. The van der Waals surface area contributed by atoms with Gasteiger partial charge in [-0.1, -0.05) is 6.07 Å². The van der Waals surface area contributed by atoms with Gasteiger partial charge in [-0.15, -0.1) is 0 Å². The quantitative estimate of drug-likeness (QED) is 0.531. The number of rotatable bonds is 2. The maximum atomic E-state index is 12.5. The molecule has 0 radical (unpaired) electrons. The zero-order valence-electron chi connectivity index (χ0n) is 20.2. The Kier molecular flexibility index (Phi) is 9.60. The van der Waals surface area contributed by atoms with Gasteiger partial charge in [0.25, 0.3) is 11.8 Å². The lowest BCUT2D eigenvalue weighted by molar-refractivity contribution is -0.193. The highest BCUT2D eigenvalue weighted by Crippen LogP contribution is 2.40. The third-order valence-electron chi connectivity index (χ3n) is 5.57. The lowest BCUT2D eigenvalue weighted by atomic mass is 9.79. The zero-order chi connectivity index (χ0) is 29.6. The van der Waals surface area contributed by atoms with E-state index in [4.69, 9.17) is 19.8 Å². The van der Waals surface area contributed by atoms with Gasteiger partial charge in [0.05, 0.1) is 5.56 Å². The van der Waals surface area contributed by atoms with Crippen molar-refractivity contribution in [3.05, 3.63) is 59.7 Å². The summed E-state index contributed by atoms with van der Waals surface area (Å²) in [5.41, 5.74) is 2.00. The minimum absolute atomic E-state index is 0.0219. The first-order chi connectivity index (χ1) is 17.9. The van der Waals surface area contributed by atoms with Gasteiger partial charge in [0.1, 0.15) is 5.69 Å².